The molecule has 32 heavy (non-hydrogen) atoms. The van der Waals surface area contributed by atoms with Gasteiger partial charge in [-0.3, -0.25) is 14.4 Å². The summed E-state index contributed by atoms with van der Waals surface area (Å²) in [7, 11) is 6.21. The van der Waals surface area contributed by atoms with Gasteiger partial charge in [-0.25, -0.2) is 0 Å². The fraction of sp³-hybridized carbons (Fsp3) is 0.240. The first-order chi connectivity index (χ1) is 15.1. The van der Waals surface area contributed by atoms with Crippen LogP contribution >= 0.6 is 15.9 Å². The molecule has 0 spiro atoms. The third-order valence-corrected chi connectivity index (χ3v) is 5.48. The summed E-state index contributed by atoms with van der Waals surface area (Å²) in [5.74, 6) is -1.73. The van der Waals surface area contributed by atoms with E-state index in [0.717, 1.165) is 28.2 Å². The van der Waals surface area contributed by atoms with Gasteiger partial charge in [0.25, 0.3) is 17.6 Å². The molecular weight excluding hydrogens is 470 g/mol. The molecule has 0 heterocycles. The van der Waals surface area contributed by atoms with Crippen LogP contribution in [0.1, 0.15) is 27.1 Å². The fourth-order valence-corrected chi connectivity index (χ4v) is 3.66. The summed E-state index contributed by atoms with van der Waals surface area (Å²) in [6.07, 6.45) is 0.757. The molecule has 0 saturated carbocycles. The SMILES string of the molecule is C[N+](C)(C)CCCNC(=O)C(=O)c1cc(Br)ccc1NC(=O)c1ccc2ccccc2c1. The monoisotopic (exact) mass is 496 g/mol. The van der Waals surface area contributed by atoms with Gasteiger partial charge in [0.15, 0.2) is 0 Å². The van der Waals surface area contributed by atoms with Gasteiger partial charge < -0.3 is 15.1 Å². The first-order valence-corrected chi connectivity index (χ1v) is 11.2. The van der Waals surface area contributed by atoms with Crippen molar-refractivity contribution in [2.75, 3.05) is 39.5 Å². The normalized spacial score (nSPS) is 11.2. The number of carbonyl (C=O) groups excluding carboxylic acids is 3. The highest BCUT2D eigenvalue weighted by Gasteiger charge is 2.21. The quantitative estimate of drug-likeness (QED) is 0.212. The van der Waals surface area contributed by atoms with Crippen molar-refractivity contribution in [1.29, 1.82) is 0 Å². The number of benzene rings is 3. The van der Waals surface area contributed by atoms with E-state index in [1.54, 1.807) is 30.3 Å². The molecule has 0 fully saturated rings. The molecule has 0 radical (unpaired) electrons. The molecule has 0 bridgehead atoms. The summed E-state index contributed by atoms with van der Waals surface area (Å²) in [5, 5.41) is 7.44. The van der Waals surface area contributed by atoms with E-state index in [-0.39, 0.29) is 17.2 Å². The second-order valence-corrected chi connectivity index (χ2v) is 9.57. The van der Waals surface area contributed by atoms with Crippen molar-refractivity contribution >= 4 is 50.0 Å². The van der Waals surface area contributed by atoms with E-state index in [9.17, 15) is 14.4 Å². The second kappa shape index (κ2) is 10.1. The highest BCUT2D eigenvalue weighted by molar-refractivity contribution is 9.10. The fourth-order valence-electron chi connectivity index (χ4n) is 3.30. The Labute approximate surface area is 196 Å². The lowest BCUT2D eigenvalue weighted by atomic mass is 10.1. The number of Topliss-reactive ketones (excluding diaryl/α,β-unsaturated/α-hetero) is 1. The minimum Gasteiger partial charge on any atom is -0.349 e. The van der Waals surface area contributed by atoms with Crippen LogP contribution in [-0.4, -0.2) is 56.3 Å². The van der Waals surface area contributed by atoms with Crippen molar-refractivity contribution in [3.8, 4) is 0 Å². The Morgan fingerprint density at radius 1 is 0.906 bits per heavy atom. The lowest BCUT2D eigenvalue weighted by molar-refractivity contribution is -0.870. The second-order valence-electron chi connectivity index (χ2n) is 8.66. The predicted molar refractivity (Wildman–Crippen MR) is 131 cm³/mol. The first-order valence-electron chi connectivity index (χ1n) is 10.4. The highest BCUT2D eigenvalue weighted by atomic mass is 79.9. The van der Waals surface area contributed by atoms with Gasteiger partial charge in [0, 0.05) is 23.0 Å². The van der Waals surface area contributed by atoms with Crippen LogP contribution in [0.25, 0.3) is 10.8 Å². The van der Waals surface area contributed by atoms with Gasteiger partial charge in [-0.15, -0.1) is 0 Å². The molecule has 6 nitrogen and oxygen atoms in total. The van der Waals surface area contributed by atoms with E-state index in [2.05, 4.69) is 47.7 Å². The third kappa shape index (κ3) is 6.24. The zero-order chi connectivity index (χ0) is 23.3. The van der Waals surface area contributed by atoms with Crippen LogP contribution in [0.15, 0.2) is 65.1 Å². The summed E-state index contributed by atoms with van der Waals surface area (Å²) >= 11 is 3.34. The lowest BCUT2D eigenvalue weighted by Crippen LogP contribution is -2.38. The molecule has 7 heteroatoms. The average Bonchev–Trinajstić information content (AvgIpc) is 2.76. The number of carbonyl (C=O) groups is 3. The van der Waals surface area contributed by atoms with Crippen molar-refractivity contribution in [3.05, 3.63) is 76.3 Å². The molecule has 0 aromatic heterocycles. The van der Waals surface area contributed by atoms with Crippen molar-refractivity contribution in [3.63, 3.8) is 0 Å². The van der Waals surface area contributed by atoms with E-state index < -0.39 is 11.7 Å². The number of quaternary nitrogens is 1. The molecular formula is C25H27BrN3O3+. The molecule has 0 unspecified atom stereocenters. The number of ketones is 1. The van der Waals surface area contributed by atoms with Crippen molar-refractivity contribution in [1.82, 2.24) is 5.32 Å². The van der Waals surface area contributed by atoms with Gasteiger partial charge in [-0.2, -0.15) is 0 Å². The van der Waals surface area contributed by atoms with Crippen LogP contribution in [0, 0.1) is 0 Å². The van der Waals surface area contributed by atoms with Crippen molar-refractivity contribution < 1.29 is 18.9 Å². The van der Waals surface area contributed by atoms with Crippen LogP contribution < -0.4 is 10.6 Å². The number of anilines is 1. The maximum absolute atomic E-state index is 12.9. The Hall–Kier alpha value is -3.03. The highest BCUT2D eigenvalue weighted by Crippen LogP contribution is 2.23. The van der Waals surface area contributed by atoms with Gasteiger partial charge in [-0.05, 0) is 41.1 Å². The number of hydrogen-bond donors (Lipinski definition) is 2. The van der Waals surface area contributed by atoms with E-state index >= 15 is 0 Å². The number of fused-ring (bicyclic) bond motifs is 1. The van der Waals surface area contributed by atoms with E-state index in [4.69, 9.17) is 0 Å². The molecule has 0 aliphatic rings. The maximum atomic E-state index is 12.9. The molecule has 166 valence electrons. The molecule has 0 aliphatic carbocycles. The summed E-state index contributed by atoms with van der Waals surface area (Å²) in [5.41, 5.74) is 0.894. The molecule has 0 saturated heterocycles. The van der Waals surface area contributed by atoms with Gasteiger partial charge in [0.2, 0.25) is 0 Å². The number of hydrogen-bond acceptors (Lipinski definition) is 3. The molecule has 2 amide bonds. The average molecular weight is 497 g/mol. The number of rotatable bonds is 8. The Morgan fingerprint density at radius 2 is 1.62 bits per heavy atom. The molecule has 0 atom stereocenters. The number of nitrogens with one attached hydrogen (secondary N) is 2. The van der Waals surface area contributed by atoms with Crippen molar-refractivity contribution in [2.45, 2.75) is 6.42 Å². The number of amides is 2. The van der Waals surface area contributed by atoms with Crippen LogP contribution in [-0.2, 0) is 4.79 Å². The van der Waals surface area contributed by atoms with Crippen LogP contribution in [0.3, 0.4) is 0 Å². The van der Waals surface area contributed by atoms with Crippen molar-refractivity contribution in [2.24, 2.45) is 0 Å². The Morgan fingerprint density at radius 3 is 2.34 bits per heavy atom. The first kappa shape index (κ1) is 23.6. The van der Waals surface area contributed by atoms with E-state index in [0.29, 0.717) is 16.6 Å². The Kier molecular flexibility index (Phi) is 7.43. The topological polar surface area (TPSA) is 75.3 Å². The lowest BCUT2D eigenvalue weighted by Gasteiger charge is -2.23. The number of nitrogens with zero attached hydrogens (tertiary/aromatic N) is 1. The zero-order valence-corrected chi connectivity index (χ0v) is 20.0. The van der Waals surface area contributed by atoms with Gasteiger partial charge in [0.1, 0.15) is 0 Å². The minimum absolute atomic E-state index is 0.137. The van der Waals surface area contributed by atoms with Crippen LogP contribution in [0.2, 0.25) is 0 Å². The van der Waals surface area contributed by atoms with Gasteiger partial charge in [-0.1, -0.05) is 46.3 Å². The van der Waals surface area contributed by atoms with Crippen LogP contribution in [0.4, 0.5) is 5.69 Å². The van der Waals surface area contributed by atoms with Crippen LogP contribution in [0.5, 0.6) is 0 Å². The van der Waals surface area contributed by atoms with E-state index in [1.165, 1.54) is 0 Å². The maximum Gasteiger partial charge on any atom is 0.292 e. The molecule has 3 aromatic rings. The summed E-state index contributed by atoms with van der Waals surface area (Å²) < 4.78 is 1.42. The van der Waals surface area contributed by atoms with Gasteiger partial charge in [0.05, 0.1) is 38.9 Å². The summed E-state index contributed by atoms with van der Waals surface area (Å²) in [6, 6.07) is 18.0. The molecule has 3 rings (SSSR count). The Balaban J connectivity index is 1.74. The number of halogens is 1. The standard InChI is InChI=1S/C25H26BrN3O3/c1-29(2,3)14-6-13-27-25(32)23(30)21-16-20(26)11-12-22(21)28-24(31)19-10-9-17-7-4-5-8-18(17)15-19/h4-5,7-12,15-16H,6,13-14H2,1-3H3,(H-,27,28,30,31,32)/p+1. The molecule has 3 aromatic carbocycles. The van der Waals surface area contributed by atoms with Gasteiger partial charge >= 0.3 is 0 Å². The third-order valence-electron chi connectivity index (χ3n) is 4.98. The summed E-state index contributed by atoms with van der Waals surface area (Å²) in [4.78, 5) is 38.1. The predicted octanol–water partition coefficient (Wildman–Crippen LogP) is 4.25. The molecule has 2 N–H and O–H groups in total. The largest absolute Gasteiger partial charge is 0.349 e. The van der Waals surface area contributed by atoms with E-state index in [1.807, 2.05) is 30.3 Å². The zero-order valence-electron chi connectivity index (χ0n) is 18.4. The minimum atomic E-state index is -0.689. The smallest absolute Gasteiger partial charge is 0.292 e. The summed E-state index contributed by atoms with van der Waals surface area (Å²) in [6.45, 7) is 1.28. The molecule has 0 aliphatic heterocycles. The Bertz CT molecular complexity index is 1170.